The van der Waals surface area contributed by atoms with Gasteiger partial charge in [0, 0.05) is 10.4 Å². The van der Waals surface area contributed by atoms with Crippen molar-refractivity contribution >= 4 is 22.9 Å². The van der Waals surface area contributed by atoms with Crippen molar-refractivity contribution in [2.45, 2.75) is 33.1 Å². The van der Waals surface area contributed by atoms with Crippen LogP contribution in [0.2, 0.25) is 4.47 Å². The second-order valence-corrected chi connectivity index (χ2v) is 5.70. The summed E-state index contributed by atoms with van der Waals surface area (Å²) in [6.45, 7) is 4.34. The number of aromatic nitrogens is 1. The first-order valence-electron chi connectivity index (χ1n) is 5.99. The van der Waals surface area contributed by atoms with E-state index >= 15 is 0 Å². The monoisotopic (exact) mass is 265 g/mol. The normalized spacial score (nSPS) is 10.8. The summed E-state index contributed by atoms with van der Waals surface area (Å²) in [5.74, 6) is 0. The van der Waals surface area contributed by atoms with E-state index in [1.54, 1.807) is 11.3 Å². The van der Waals surface area contributed by atoms with E-state index in [2.05, 4.69) is 43.1 Å². The Morgan fingerprint density at radius 1 is 1.18 bits per heavy atom. The highest BCUT2D eigenvalue weighted by Gasteiger charge is 2.10. The van der Waals surface area contributed by atoms with Crippen LogP contribution in [0.1, 0.15) is 30.7 Å². The fourth-order valence-corrected chi connectivity index (χ4v) is 3.01. The van der Waals surface area contributed by atoms with Crippen LogP contribution >= 0.6 is 22.9 Å². The van der Waals surface area contributed by atoms with Crippen LogP contribution in [0.15, 0.2) is 24.3 Å². The first-order chi connectivity index (χ1) is 8.24. The quantitative estimate of drug-likeness (QED) is 0.760. The molecule has 0 saturated carbocycles. The van der Waals surface area contributed by atoms with Gasteiger partial charge in [0.15, 0.2) is 4.47 Å². The molecule has 0 atom stereocenters. The Morgan fingerprint density at radius 2 is 1.88 bits per heavy atom. The fraction of sp³-hybridized carbons (Fsp3) is 0.357. The van der Waals surface area contributed by atoms with Crippen molar-refractivity contribution in [3.05, 3.63) is 39.2 Å². The Morgan fingerprint density at radius 3 is 2.47 bits per heavy atom. The molecule has 1 nitrogen and oxygen atoms in total. The number of benzene rings is 1. The first-order valence-corrected chi connectivity index (χ1v) is 7.18. The number of hydrogen-bond donors (Lipinski definition) is 0. The Balaban J connectivity index is 2.32. The Bertz CT molecular complexity index is 487. The minimum Gasteiger partial charge on any atom is -0.225 e. The van der Waals surface area contributed by atoms with Gasteiger partial charge < -0.3 is 0 Å². The maximum atomic E-state index is 5.98. The molecule has 0 aliphatic rings. The molecule has 17 heavy (non-hydrogen) atoms. The molecule has 2 aromatic rings. The van der Waals surface area contributed by atoms with Gasteiger partial charge in [-0.2, -0.15) is 0 Å². The topological polar surface area (TPSA) is 12.9 Å². The molecule has 0 N–H and O–H groups in total. The summed E-state index contributed by atoms with van der Waals surface area (Å²) in [4.78, 5) is 5.67. The van der Waals surface area contributed by atoms with E-state index < -0.39 is 0 Å². The van der Waals surface area contributed by atoms with Gasteiger partial charge in [0.05, 0.1) is 5.69 Å². The molecule has 0 fully saturated rings. The predicted molar refractivity (Wildman–Crippen MR) is 75.9 cm³/mol. The van der Waals surface area contributed by atoms with Gasteiger partial charge in [-0.05, 0) is 18.4 Å². The molecule has 2 rings (SSSR count). The summed E-state index contributed by atoms with van der Waals surface area (Å²) in [5, 5.41) is 0. The highest BCUT2D eigenvalue weighted by Crippen LogP contribution is 2.31. The second-order valence-electron chi connectivity index (χ2n) is 4.04. The standard InChI is InChI=1S/C14H16ClNS/c1-3-5-10-6-8-11(9-7-10)13-12(4-2)17-14(15)16-13/h6-9H,3-5H2,1-2H3. The summed E-state index contributed by atoms with van der Waals surface area (Å²) in [5.41, 5.74) is 3.60. The lowest BCUT2D eigenvalue weighted by atomic mass is 10.1. The SMILES string of the molecule is CCCc1ccc(-c2nc(Cl)sc2CC)cc1. The van der Waals surface area contributed by atoms with E-state index in [-0.39, 0.29) is 0 Å². The van der Waals surface area contributed by atoms with Crippen molar-refractivity contribution in [3.63, 3.8) is 0 Å². The number of thiazole rings is 1. The first kappa shape index (κ1) is 12.6. The number of nitrogens with zero attached hydrogens (tertiary/aromatic N) is 1. The van der Waals surface area contributed by atoms with Crippen LogP contribution in [0.3, 0.4) is 0 Å². The summed E-state index contributed by atoms with van der Waals surface area (Å²) < 4.78 is 0.634. The lowest BCUT2D eigenvalue weighted by Crippen LogP contribution is -1.86. The molecule has 0 radical (unpaired) electrons. The van der Waals surface area contributed by atoms with E-state index in [0.29, 0.717) is 4.47 Å². The largest absolute Gasteiger partial charge is 0.225 e. The summed E-state index contributed by atoms with van der Waals surface area (Å²) in [6.07, 6.45) is 3.30. The average Bonchev–Trinajstić information content (AvgIpc) is 2.72. The van der Waals surface area contributed by atoms with Crippen molar-refractivity contribution in [2.24, 2.45) is 0 Å². The van der Waals surface area contributed by atoms with E-state index in [9.17, 15) is 0 Å². The minimum atomic E-state index is 0.634. The van der Waals surface area contributed by atoms with Gasteiger partial charge in [0.1, 0.15) is 0 Å². The molecule has 0 unspecified atom stereocenters. The molecule has 0 spiro atoms. The third kappa shape index (κ3) is 2.88. The maximum Gasteiger partial charge on any atom is 0.184 e. The lowest BCUT2D eigenvalue weighted by Gasteiger charge is -2.02. The maximum absolute atomic E-state index is 5.98. The van der Waals surface area contributed by atoms with Crippen LogP contribution in [-0.4, -0.2) is 4.98 Å². The van der Waals surface area contributed by atoms with E-state index in [1.807, 2.05) is 0 Å². The molecule has 0 aliphatic heterocycles. The van der Waals surface area contributed by atoms with Crippen LogP contribution in [0.25, 0.3) is 11.3 Å². The minimum absolute atomic E-state index is 0.634. The number of rotatable bonds is 4. The van der Waals surface area contributed by atoms with Crippen molar-refractivity contribution < 1.29 is 0 Å². The van der Waals surface area contributed by atoms with Gasteiger partial charge in [-0.15, -0.1) is 11.3 Å². The van der Waals surface area contributed by atoms with Gasteiger partial charge in [-0.25, -0.2) is 4.98 Å². The van der Waals surface area contributed by atoms with Gasteiger partial charge in [0.25, 0.3) is 0 Å². The zero-order valence-corrected chi connectivity index (χ0v) is 11.7. The van der Waals surface area contributed by atoms with E-state index in [4.69, 9.17) is 11.6 Å². The molecule has 0 aliphatic carbocycles. The Hall–Kier alpha value is -0.860. The molecule has 90 valence electrons. The zero-order valence-electron chi connectivity index (χ0n) is 10.2. The molecular formula is C14H16ClNS. The van der Waals surface area contributed by atoms with Crippen molar-refractivity contribution in [3.8, 4) is 11.3 Å². The molecule has 1 aromatic heterocycles. The molecule has 3 heteroatoms. The third-order valence-corrected chi connectivity index (χ3v) is 4.06. The summed E-state index contributed by atoms with van der Waals surface area (Å²) in [6, 6.07) is 8.67. The van der Waals surface area contributed by atoms with Crippen molar-refractivity contribution in [1.29, 1.82) is 0 Å². The molecular weight excluding hydrogens is 250 g/mol. The number of aryl methyl sites for hydroxylation is 2. The zero-order chi connectivity index (χ0) is 12.3. The average molecular weight is 266 g/mol. The molecule has 0 amide bonds. The molecule has 0 bridgehead atoms. The Kier molecular flexibility index (Phi) is 4.19. The second kappa shape index (κ2) is 5.65. The van der Waals surface area contributed by atoms with Crippen LogP contribution in [0, 0.1) is 0 Å². The number of halogens is 1. The summed E-state index contributed by atoms with van der Waals surface area (Å²) >= 11 is 7.56. The van der Waals surface area contributed by atoms with Gasteiger partial charge in [0.2, 0.25) is 0 Å². The van der Waals surface area contributed by atoms with Crippen LogP contribution < -0.4 is 0 Å². The lowest BCUT2D eigenvalue weighted by molar-refractivity contribution is 0.922. The molecule has 1 heterocycles. The van der Waals surface area contributed by atoms with E-state index in [0.717, 1.165) is 18.5 Å². The number of hydrogen-bond acceptors (Lipinski definition) is 2. The van der Waals surface area contributed by atoms with Gasteiger partial charge in [-0.3, -0.25) is 0 Å². The highest BCUT2D eigenvalue weighted by atomic mass is 35.5. The van der Waals surface area contributed by atoms with Gasteiger partial charge >= 0.3 is 0 Å². The van der Waals surface area contributed by atoms with Gasteiger partial charge in [-0.1, -0.05) is 56.1 Å². The predicted octanol–water partition coefficient (Wildman–Crippen LogP) is 4.98. The van der Waals surface area contributed by atoms with Crippen LogP contribution in [-0.2, 0) is 12.8 Å². The molecule has 1 aromatic carbocycles. The Labute approximate surface area is 111 Å². The smallest absolute Gasteiger partial charge is 0.184 e. The third-order valence-electron chi connectivity index (χ3n) is 2.76. The highest BCUT2D eigenvalue weighted by molar-refractivity contribution is 7.16. The van der Waals surface area contributed by atoms with E-state index in [1.165, 1.54) is 22.4 Å². The van der Waals surface area contributed by atoms with Crippen LogP contribution in [0.5, 0.6) is 0 Å². The van der Waals surface area contributed by atoms with Crippen LogP contribution in [0.4, 0.5) is 0 Å². The summed E-state index contributed by atoms with van der Waals surface area (Å²) in [7, 11) is 0. The fourth-order valence-electron chi connectivity index (χ4n) is 1.91. The van der Waals surface area contributed by atoms with Crippen molar-refractivity contribution in [2.75, 3.05) is 0 Å². The van der Waals surface area contributed by atoms with Crippen molar-refractivity contribution in [1.82, 2.24) is 4.98 Å². The molecule has 0 saturated heterocycles.